The fraction of sp³-hybridized carbons (Fsp3) is 0.200. The molecule has 0 saturated carbocycles. The van der Waals surface area contributed by atoms with Crippen molar-refractivity contribution < 1.29 is 0 Å². The van der Waals surface area contributed by atoms with Crippen molar-refractivity contribution in [3.63, 3.8) is 0 Å². The van der Waals surface area contributed by atoms with Crippen LogP contribution in [0.4, 0.5) is 5.82 Å². The van der Waals surface area contributed by atoms with E-state index in [4.69, 9.17) is 11.6 Å². The van der Waals surface area contributed by atoms with Crippen LogP contribution >= 0.6 is 22.9 Å². The standard InChI is InChI=1S/C10H8ClN3OS/c11-7-2-1-6(16-7)8-5-3-4-12-9(5)14-10(15)13-8/h1-2H,3-4H2,(H2,12,13,14,15). The lowest BCUT2D eigenvalue weighted by Gasteiger charge is -2.03. The number of aromatic amines is 1. The zero-order valence-electron chi connectivity index (χ0n) is 8.21. The molecular weight excluding hydrogens is 246 g/mol. The van der Waals surface area contributed by atoms with Gasteiger partial charge in [-0.2, -0.15) is 4.98 Å². The Morgan fingerprint density at radius 1 is 1.44 bits per heavy atom. The van der Waals surface area contributed by atoms with Crippen molar-refractivity contribution in [3.8, 4) is 10.6 Å². The van der Waals surface area contributed by atoms with Crippen LogP contribution in [0.15, 0.2) is 16.9 Å². The molecule has 4 nitrogen and oxygen atoms in total. The molecule has 6 heteroatoms. The lowest BCUT2D eigenvalue weighted by molar-refractivity contribution is 1.06. The number of halogens is 1. The zero-order valence-corrected chi connectivity index (χ0v) is 9.78. The maximum absolute atomic E-state index is 11.4. The van der Waals surface area contributed by atoms with Gasteiger partial charge in [0.25, 0.3) is 0 Å². The zero-order chi connectivity index (χ0) is 11.1. The maximum Gasteiger partial charge on any atom is 0.347 e. The van der Waals surface area contributed by atoms with E-state index in [-0.39, 0.29) is 5.69 Å². The molecule has 0 radical (unpaired) electrons. The molecule has 0 fully saturated rings. The second-order valence-electron chi connectivity index (χ2n) is 3.52. The molecule has 16 heavy (non-hydrogen) atoms. The Morgan fingerprint density at radius 3 is 3.06 bits per heavy atom. The summed E-state index contributed by atoms with van der Waals surface area (Å²) in [6, 6.07) is 3.74. The largest absolute Gasteiger partial charge is 0.369 e. The quantitative estimate of drug-likeness (QED) is 0.819. The predicted molar refractivity (Wildman–Crippen MR) is 65.4 cm³/mol. The number of hydrogen-bond donors (Lipinski definition) is 2. The smallest absolute Gasteiger partial charge is 0.347 e. The average molecular weight is 254 g/mol. The number of anilines is 1. The summed E-state index contributed by atoms with van der Waals surface area (Å²) in [6.45, 7) is 0.825. The van der Waals surface area contributed by atoms with Crippen LogP contribution in [0, 0.1) is 0 Å². The van der Waals surface area contributed by atoms with Gasteiger partial charge in [0.15, 0.2) is 0 Å². The minimum absolute atomic E-state index is 0.326. The van der Waals surface area contributed by atoms with Crippen LogP contribution < -0.4 is 11.0 Å². The van der Waals surface area contributed by atoms with E-state index in [1.165, 1.54) is 11.3 Å². The van der Waals surface area contributed by atoms with Gasteiger partial charge in [-0.3, -0.25) is 0 Å². The predicted octanol–water partition coefficient (Wildman–Crippen LogP) is 2.12. The van der Waals surface area contributed by atoms with Crippen molar-refractivity contribution in [2.45, 2.75) is 6.42 Å². The van der Waals surface area contributed by atoms with Crippen molar-refractivity contribution in [1.82, 2.24) is 9.97 Å². The van der Waals surface area contributed by atoms with E-state index in [1.54, 1.807) is 0 Å². The molecule has 0 amide bonds. The second kappa shape index (κ2) is 3.61. The third-order valence-corrected chi connectivity index (χ3v) is 3.77. The molecule has 0 aliphatic carbocycles. The Hall–Kier alpha value is -1.33. The summed E-state index contributed by atoms with van der Waals surface area (Å²) >= 11 is 7.35. The van der Waals surface area contributed by atoms with Gasteiger partial charge in [-0.15, -0.1) is 11.3 Å². The summed E-state index contributed by atoms with van der Waals surface area (Å²) in [5.41, 5.74) is 1.59. The van der Waals surface area contributed by atoms with E-state index in [9.17, 15) is 4.79 Å². The van der Waals surface area contributed by atoms with Crippen molar-refractivity contribution in [1.29, 1.82) is 0 Å². The monoisotopic (exact) mass is 253 g/mol. The summed E-state index contributed by atoms with van der Waals surface area (Å²) < 4.78 is 0.715. The van der Waals surface area contributed by atoms with Crippen LogP contribution in [0.1, 0.15) is 5.56 Å². The topological polar surface area (TPSA) is 57.8 Å². The third kappa shape index (κ3) is 1.52. The number of rotatable bonds is 1. The lowest BCUT2D eigenvalue weighted by atomic mass is 10.1. The number of thiophene rings is 1. The molecule has 0 spiro atoms. The van der Waals surface area contributed by atoms with Gasteiger partial charge < -0.3 is 10.3 Å². The number of fused-ring (bicyclic) bond motifs is 1. The van der Waals surface area contributed by atoms with Crippen LogP contribution in [-0.4, -0.2) is 16.5 Å². The molecule has 2 aromatic heterocycles. The van der Waals surface area contributed by atoms with Crippen molar-refractivity contribution in [3.05, 3.63) is 32.5 Å². The number of nitrogens with zero attached hydrogens (tertiary/aromatic N) is 1. The summed E-state index contributed by atoms with van der Waals surface area (Å²) in [5, 5.41) is 3.10. The van der Waals surface area contributed by atoms with Crippen LogP contribution in [0.2, 0.25) is 4.34 Å². The molecule has 0 unspecified atom stereocenters. The van der Waals surface area contributed by atoms with Gasteiger partial charge in [0.1, 0.15) is 5.82 Å². The Kier molecular flexibility index (Phi) is 2.22. The molecule has 0 atom stereocenters. The molecule has 0 aromatic carbocycles. The SMILES string of the molecule is O=c1nc2c(c(-c3ccc(Cl)s3)[nH]1)CCN2. The third-order valence-electron chi connectivity index (χ3n) is 2.52. The summed E-state index contributed by atoms with van der Waals surface area (Å²) in [6.07, 6.45) is 0.879. The highest BCUT2D eigenvalue weighted by molar-refractivity contribution is 7.19. The van der Waals surface area contributed by atoms with Gasteiger partial charge in [-0.25, -0.2) is 4.79 Å². The van der Waals surface area contributed by atoms with Crippen molar-refractivity contribution in [2.75, 3.05) is 11.9 Å². The van der Waals surface area contributed by atoms with Crippen LogP contribution in [0.5, 0.6) is 0 Å². The van der Waals surface area contributed by atoms with Crippen LogP contribution in [0.3, 0.4) is 0 Å². The van der Waals surface area contributed by atoms with E-state index >= 15 is 0 Å². The van der Waals surface area contributed by atoms with E-state index in [0.29, 0.717) is 10.2 Å². The molecule has 82 valence electrons. The Morgan fingerprint density at radius 2 is 2.31 bits per heavy atom. The highest BCUT2D eigenvalue weighted by atomic mass is 35.5. The van der Waals surface area contributed by atoms with Gasteiger partial charge in [0.2, 0.25) is 0 Å². The molecule has 3 heterocycles. The molecule has 1 aliphatic rings. The van der Waals surface area contributed by atoms with E-state index in [1.807, 2.05) is 12.1 Å². The molecule has 0 bridgehead atoms. The van der Waals surface area contributed by atoms with E-state index < -0.39 is 0 Å². The minimum atomic E-state index is -0.326. The fourth-order valence-corrected chi connectivity index (χ4v) is 2.92. The van der Waals surface area contributed by atoms with Crippen molar-refractivity contribution >= 4 is 28.8 Å². The van der Waals surface area contributed by atoms with Gasteiger partial charge in [0.05, 0.1) is 14.9 Å². The van der Waals surface area contributed by atoms with Gasteiger partial charge in [0, 0.05) is 12.1 Å². The number of aromatic nitrogens is 2. The molecule has 2 aromatic rings. The van der Waals surface area contributed by atoms with Gasteiger partial charge in [-0.05, 0) is 18.6 Å². The molecule has 2 N–H and O–H groups in total. The second-order valence-corrected chi connectivity index (χ2v) is 5.24. The fourth-order valence-electron chi connectivity index (χ4n) is 1.85. The summed E-state index contributed by atoms with van der Waals surface area (Å²) in [4.78, 5) is 19.0. The number of nitrogens with one attached hydrogen (secondary N) is 2. The number of hydrogen-bond acceptors (Lipinski definition) is 4. The first-order chi connectivity index (χ1) is 7.74. The van der Waals surface area contributed by atoms with E-state index in [0.717, 1.165) is 29.1 Å². The summed E-state index contributed by atoms with van der Waals surface area (Å²) in [7, 11) is 0. The Balaban J connectivity index is 2.24. The molecular formula is C10H8ClN3OS. The number of H-pyrrole nitrogens is 1. The van der Waals surface area contributed by atoms with Gasteiger partial charge >= 0.3 is 5.69 Å². The highest BCUT2D eigenvalue weighted by Gasteiger charge is 2.19. The highest BCUT2D eigenvalue weighted by Crippen LogP contribution is 2.34. The minimum Gasteiger partial charge on any atom is -0.369 e. The van der Waals surface area contributed by atoms with Crippen molar-refractivity contribution in [2.24, 2.45) is 0 Å². The maximum atomic E-state index is 11.4. The average Bonchev–Trinajstić information content (AvgIpc) is 2.84. The molecule has 0 saturated heterocycles. The summed E-state index contributed by atoms with van der Waals surface area (Å²) in [5.74, 6) is 0.697. The first-order valence-electron chi connectivity index (χ1n) is 4.87. The van der Waals surface area contributed by atoms with E-state index in [2.05, 4.69) is 15.3 Å². The van der Waals surface area contributed by atoms with Crippen LogP contribution in [0.25, 0.3) is 10.6 Å². The lowest BCUT2D eigenvalue weighted by Crippen LogP contribution is -2.13. The molecule has 1 aliphatic heterocycles. The first-order valence-corrected chi connectivity index (χ1v) is 6.06. The van der Waals surface area contributed by atoms with Crippen LogP contribution in [-0.2, 0) is 6.42 Å². The Labute approximate surface area is 100 Å². The van der Waals surface area contributed by atoms with Gasteiger partial charge in [-0.1, -0.05) is 11.6 Å². The molecule has 3 rings (SSSR count). The Bertz CT molecular complexity index is 604. The first kappa shape index (κ1) is 9.86. The normalized spacial score (nSPS) is 13.6.